The second kappa shape index (κ2) is 11.0. The van der Waals surface area contributed by atoms with Gasteiger partial charge in [-0.3, -0.25) is 4.79 Å². The lowest BCUT2D eigenvalue weighted by Gasteiger charge is -2.17. The van der Waals surface area contributed by atoms with E-state index in [1.165, 1.54) is 0 Å². The number of carboxylic acid groups (broad SMARTS) is 1. The van der Waals surface area contributed by atoms with Crippen LogP contribution in [0.25, 0.3) is 22.0 Å². The van der Waals surface area contributed by atoms with Crippen LogP contribution in [0, 0.1) is 13.8 Å². The van der Waals surface area contributed by atoms with E-state index in [0.717, 1.165) is 38.9 Å². The summed E-state index contributed by atoms with van der Waals surface area (Å²) >= 11 is 0. The average Bonchev–Trinajstić information content (AvgIpc) is 3.20. The fourth-order valence-corrected chi connectivity index (χ4v) is 5.05. The molecule has 1 aromatic heterocycles. The van der Waals surface area contributed by atoms with E-state index in [0.29, 0.717) is 17.7 Å². The summed E-state index contributed by atoms with van der Waals surface area (Å²) in [5, 5.41) is 23.3. The first-order valence-corrected chi connectivity index (χ1v) is 12.8. The van der Waals surface area contributed by atoms with E-state index < -0.39 is 12.0 Å². The molecule has 0 bridgehead atoms. The summed E-state index contributed by atoms with van der Waals surface area (Å²) in [6, 6.07) is 29.6. The van der Waals surface area contributed by atoms with Gasteiger partial charge in [-0.2, -0.15) is 0 Å². The Hall–Kier alpha value is -4.68. The van der Waals surface area contributed by atoms with Gasteiger partial charge in [0.05, 0.1) is 18.2 Å². The second-order valence-electron chi connectivity index (χ2n) is 9.70. The lowest BCUT2D eigenvalue weighted by Crippen LogP contribution is -2.30. The monoisotopic (exact) mass is 518 g/mol. The van der Waals surface area contributed by atoms with Crippen LogP contribution in [-0.4, -0.2) is 33.3 Å². The van der Waals surface area contributed by atoms with Gasteiger partial charge in [-0.25, -0.2) is 4.79 Å². The summed E-state index contributed by atoms with van der Waals surface area (Å²) in [6.45, 7) is 4.59. The zero-order chi connectivity index (χ0) is 27.5. The van der Waals surface area contributed by atoms with Crippen molar-refractivity contribution in [3.8, 4) is 11.1 Å². The summed E-state index contributed by atoms with van der Waals surface area (Å²) in [5.41, 5.74) is 7.55. The van der Waals surface area contributed by atoms with Crippen molar-refractivity contribution in [2.75, 3.05) is 6.61 Å². The number of fused-ring (bicyclic) bond motifs is 1. The Morgan fingerprint density at radius 1 is 0.872 bits per heavy atom. The molecule has 3 N–H and O–H groups in total. The normalized spacial score (nSPS) is 11.9. The summed E-state index contributed by atoms with van der Waals surface area (Å²) in [4.78, 5) is 24.7. The van der Waals surface area contributed by atoms with Crippen LogP contribution in [0.15, 0.2) is 97.1 Å². The van der Waals surface area contributed by atoms with Crippen molar-refractivity contribution in [3.63, 3.8) is 0 Å². The van der Waals surface area contributed by atoms with Crippen LogP contribution in [-0.2, 0) is 6.54 Å². The number of aliphatic hydroxyl groups excluding tert-OH is 1. The van der Waals surface area contributed by atoms with E-state index >= 15 is 0 Å². The number of aromatic nitrogens is 1. The van der Waals surface area contributed by atoms with Crippen LogP contribution in [0.3, 0.4) is 0 Å². The van der Waals surface area contributed by atoms with Crippen LogP contribution in [0.5, 0.6) is 0 Å². The number of aromatic carboxylic acids is 1. The van der Waals surface area contributed by atoms with Crippen molar-refractivity contribution in [2.45, 2.75) is 26.4 Å². The van der Waals surface area contributed by atoms with Gasteiger partial charge in [0.15, 0.2) is 0 Å². The third-order valence-electron chi connectivity index (χ3n) is 7.35. The van der Waals surface area contributed by atoms with Crippen LogP contribution < -0.4 is 5.32 Å². The molecule has 0 saturated carbocycles. The Morgan fingerprint density at radius 3 is 2.26 bits per heavy atom. The average molecular weight is 519 g/mol. The summed E-state index contributed by atoms with van der Waals surface area (Å²) < 4.78 is 2.23. The fraction of sp³-hybridized carbons (Fsp3) is 0.152. The van der Waals surface area contributed by atoms with E-state index in [1.54, 1.807) is 12.1 Å². The first-order chi connectivity index (χ1) is 18.9. The van der Waals surface area contributed by atoms with Crippen molar-refractivity contribution in [1.82, 2.24) is 9.88 Å². The van der Waals surface area contributed by atoms with Crippen molar-refractivity contribution in [3.05, 3.63) is 131 Å². The molecule has 6 heteroatoms. The minimum absolute atomic E-state index is 0.187. The van der Waals surface area contributed by atoms with Crippen LogP contribution >= 0.6 is 0 Å². The first-order valence-electron chi connectivity index (χ1n) is 12.8. The highest BCUT2D eigenvalue weighted by Gasteiger charge is 2.18. The third-order valence-corrected chi connectivity index (χ3v) is 7.35. The number of hydrogen-bond acceptors (Lipinski definition) is 3. The molecule has 1 amide bonds. The lowest BCUT2D eigenvalue weighted by atomic mass is 9.99. The molecule has 0 radical (unpaired) electrons. The van der Waals surface area contributed by atoms with Gasteiger partial charge in [0.1, 0.15) is 0 Å². The number of hydrogen-bond donors (Lipinski definition) is 3. The standard InChI is InChI=1S/C33H30N2O4/c1-21-22(2)35(19-23-12-14-24(15-13-23)27-10-6-7-11-28(27)33(38)39)31-17-16-26(18-29(21)31)32(37)34-30(20-36)25-8-4-3-5-9-25/h3-18,30,36H,19-20H2,1-2H3,(H,34,37)(H,38,39). The van der Waals surface area contributed by atoms with E-state index in [9.17, 15) is 19.8 Å². The number of benzene rings is 4. The Kier molecular flexibility index (Phi) is 7.30. The Bertz CT molecular complexity index is 1650. The number of aryl methyl sites for hydroxylation is 1. The molecule has 0 aliphatic carbocycles. The molecule has 0 saturated heterocycles. The molecular weight excluding hydrogens is 488 g/mol. The summed E-state index contributed by atoms with van der Waals surface area (Å²) in [7, 11) is 0. The number of carbonyl (C=O) groups is 2. The zero-order valence-corrected chi connectivity index (χ0v) is 21.9. The van der Waals surface area contributed by atoms with Gasteiger partial charge in [-0.1, -0.05) is 72.8 Å². The molecule has 4 aromatic carbocycles. The highest BCUT2D eigenvalue weighted by Crippen LogP contribution is 2.29. The molecule has 1 heterocycles. The minimum atomic E-state index is -0.945. The fourth-order valence-electron chi connectivity index (χ4n) is 5.05. The molecule has 0 aliphatic heterocycles. The summed E-state index contributed by atoms with van der Waals surface area (Å²) in [5.74, 6) is -1.18. The third kappa shape index (κ3) is 5.19. The van der Waals surface area contributed by atoms with Gasteiger partial charge < -0.3 is 20.1 Å². The maximum atomic E-state index is 13.1. The van der Waals surface area contributed by atoms with Crippen molar-refractivity contribution in [2.24, 2.45) is 0 Å². The van der Waals surface area contributed by atoms with Crippen LogP contribution in [0.1, 0.15) is 49.1 Å². The lowest BCUT2D eigenvalue weighted by molar-refractivity contribution is 0.0697. The molecule has 0 spiro atoms. The van der Waals surface area contributed by atoms with Gasteiger partial charge in [0.25, 0.3) is 5.91 Å². The molecule has 5 rings (SSSR count). The molecule has 39 heavy (non-hydrogen) atoms. The van der Waals surface area contributed by atoms with E-state index in [2.05, 4.69) is 23.7 Å². The predicted octanol–water partition coefficient (Wildman–Crippen LogP) is 6.14. The molecule has 6 nitrogen and oxygen atoms in total. The molecule has 1 atom stereocenters. The first kappa shape index (κ1) is 25.9. The van der Waals surface area contributed by atoms with Gasteiger partial charge in [-0.05, 0) is 65.9 Å². The zero-order valence-electron chi connectivity index (χ0n) is 21.9. The molecule has 1 unspecified atom stereocenters. The van der Waals surface area contributed by atoms with E-state index in [1.807, 2.05) is 84.9 Å². The number of rotatable bonds is 8. The van der Waals surface area contributed by atoms with Gasteiger partial charge in [0, 0.05) is 28.7 Å². The maximum absolute atomic E-state index is 13.1. The highest BCUT2D eigenvalue weighted by molar-refractivity contribution is 5.99. The van der Waals surface area contributed by atoms with Crippen molar-refractivity contribution in [1.29, 1.82) is 0 Å². The number of aliphatic hydroxyl groups is 1. The van der Waals surface area contributed by atoms with Gasteiger partial charge in [0.2, 0.25) is 0 Å². The minimum Gasteiger partial charge on any atom is -0.478 e. The highest BCUT2D eigenvalue weighted by atomic mass is 16.4. The van der Waals surface area contributed by atoms with Crippen LogP contribution in [0.4, 0.5) is 0 Å². The predicted molar refractivity (Wildman–Crippen MR) is 153 cm³/mol. The van der Waals surface area contributed by atoms with Gasteiger partial charge >= 0.3 is 5.97 Å². The molecule has 0 fully saturated rings. The van der Waals surface area contributed by atoms with Crippen molar-refractivity contribution < 1.29 is 19.8 Å². The smallest absolute Gasteiger partial charge is 0.336 e. The SMILES string of the molecule is Cc1c(C)n(Cc2ccc(-c3ccccc3C(=O)O)cc2)c2ccc(C(=O)NC(CO)c3ccccc3)cc12. The summed E-state index contributed by atoms with van der Waals surface area (Å²) in [6.07, 6.45) is 0. The quantitative estimate of drug-likeness (QED) is 0.230. The van der Waals surface area contributed by atoms with Gasteiger partial charge in [-0.15, -0.1) is 0 Å². The second-order valence-corrected chi connectivity index (χ2v) is 9.70. The van der Waals surface area contributed by atoms with E-state index in [4.69, 9.17) is 0 Å². The maximum Gasteiger partial charge on any atom is 0.336 e. The largest absolute Gasteiger partial charge is 0.478 e. The number of nitrogens with one attached hydrogen (secondary N) is 1. The Morgan fingerprint density at radius 2 is 1.56 bits per heavy atom. The number of nitrogens with zero attached hydrogens (tertiary/aromatic N) is 1. The topological polar surface area (TPSA) is 91.6 Å². The molecular formula is C33H30N2O4. The van der Waals surface area contributed by atoms with E-state index in [-0.39, 0.29) is 18.1 Å². The number of amides is 1. The van der Waals surface area contributed by atoms with Crippen LogP contribution in [0.2, 0.25) is 0 Å². The Balaban J connectivity index is 1.39. The molecule has 0 aliphatic rings. The number of carbonyl (C=O) groups excluding carboxylic acids is 1. The van der Waals surface area contributed by atoms with Crippen molar-refractivity contribution >= 4 is 22.8 Å². The number of carboxylic acids is 1. The Labute approximate surface area is 227 Å². The molecule has 5 aromatic rings. The molecule has 196 valence electrons.